The van der Waals surface area contributed by atoms with Gasteiger partial charge in [0.05, 0.1) is 0 Å². The highest BCUT2D eigenvalue weighted by molar-refractivity contribution is 6.32. The van der Waals surface area contributed by atoms with Crippen LogP contribution in [-0.4, -0.2) is 11.9 Å². The second-order valence-corrected chi connectivity index (χ2v) is 4.08. The fraction of sp³-hybridized carbons (Fsp3) is 0.308. The third-order valence-electron chi connectivity index (χ3n) is 2.32. The number of halogens is 1. The van der Waals surface area contributed by atoms with Crippen molar-refractivity contribution in [3.63, 3.8) is 0 Å². The van der Waals surface area contributed by atoms with Crippen molar-refractivity contribution in [3.05, 3.63) is 40.9 Å². The van der Waals surface area contributed by atoms with Crippen molar-refractivity contribution in [1.29, 1.82) is 0 Å². The molecule has 1 amide bonds. The van der Waals surface area contributed by atoms with Crippen molar-refractivity contribution >= 4 is 23.6 Å². The van der Waals surface area contributed by atoms with Gasteiger partial charge in [0.25, 0.3) is 0 Å². The molecule has 1 atom stereocenters. The average molecular weight is 238 g/mol. The Labute approximate surface area is 101 Å². The van der Waals surface area contributed by atoms with E-state index < -0.39 is 0 Å². The molecule has 1 aromatic carbocycles. The van der Waals surface area contributed by atoms with Crippen LogP contribution in [0.25, 0.3) is 6.08 Å². The predicted molar refractivity (Wildman–Crippen MR) is 68.4 cm³/mol. The lowest BCUT2D eigenvalue weighted by molar-refractivity contribution is -0.117. The third-order valence-corrected chi connectivity index (χ3v) is 2.66. The second kappa shape index (κ2) is 6.33. The van der Waals surface area contributed by atoms with Crippen molar-refractivity contribution in [2.75, 3.05) is 0 Å². The SMILES string of the molecule is CCC(C)NC(=O)C=Cc1ccccc1Cl. The monoisotopic (exact) mass is 237 g/mol. The fourth-order valence-electron chi connectivity index (χ4n) is 1.17. The second-order valence-electron chi connectivity index (χ2n) is 3.67. The van der Waals surface area contributed by atoms with E-state index in [0.29, 0.717) is 5.02 Å². The number of amides is 1. The predicted octanol–water partition coefficient (Wildman–Crippen LogP) is 3.27. The number of carbonyl (C=O) groups is 1. The maximum Gasteiger partial charge on any atom is 0.244 e. The van der Waals surface area contributed by atoms with Gasteiger partial charge in [-0.25, -0.2) is 0 Å². The molecule has 0 aliphatic carbocycles. The Morgan fingerprint density at radius 1 is 1.50 bits per heavy atom. The number of hydrogen-bond acceptors (Lipinski definition) is 1. The molecule has 1 aromatic rings. The van der Waals surface area contributed by atoms with E-state index in [9.17, 15) is 4.79 Å². The Kier molecular flexibility index (Phi) is 5.06. The Hall–Kier alpha value is -1.28. The summed E-state index contributed by atoms with van der Waals surface area (Å²) in [7, 11) is 0. The number of rotatable bonds is 4. The molecule has 0 aromatic heterocycles. The first-order chi connectivity index (χ1) is 7.63. The molecule has 0 heterocycles. The molecule has 3 heteroatoms. The summed E-state index contributed by atoms with van der Waals surface area (Å²) in [6, 6.07) is 7.61. The molecular formula is C13H16ClNO. The van der Waals surface area contributed by atoms with Gasteiger partial charge in [0.2, 0.25) is 5.91 Å². The Morgan fingerprint density at radius 3 is 2.81 bits per heavy atom. The Morgan fingerprint density at radius 2 is 2.19 bits per heavy atom. The first-order valence-electron chi connectivity index (χ1n) is 5.36. The number of benzene rings is 1. The van der Waals surface area contributed by atoms with E-state index in [1.807, 2.05) is 32.0 Å². The first kappa shape index (κ1) is 12.8. The lowest BCUT2D eigenvalue weighted by Crippen LogP contribution is -2.30. The van der Waals surface area contributed by atoms with Crippen LogP contribution < -0.4 is 5.32 Å². The molecular weight excluding hydrogens is 222 g/mol. The van der Waals surface area contributed by atoms with Crippen LogP contribution in [0, 0.1) is 0 Å². The molecule has 0 saturated heterocycles. The minimum atomic E-state index is -0.0886. The Balaban J connectivity index is 2.60. The van der Waals surface area contributed by atoms with Crippen LogP contribution in [0.15, 0.2) is 30.3 Å². The molecule has 0 aliphatic rings. The highest BCUT2D eigenvalue weighted by Gasteiger charge is 2.01. The van der Waals surface area contributed by atoms with Gasteiger partial charge in [0, 0.05) is 17.1 Å². The standard InChI is InChI=1S/C13H16ClNO/c1-3-10(2)15-13(16)9-8-11-6-4-5-7-12(11)14/h4-10H,3H2,1-2H3,(H,15,16). The van der Waals surface area contributed by atoms with Crippen LogP contribution in [0.5, 0.6) is 0 Å². The molecule has 1 unspecified atom stereocenters. The summed E-state index contributed by atoms with van der Waals surface area (Å²) in [6.45, 7) is 4.00. The van der Waals surface area contributed by atoms with Crippen molar-refractivity contribution in [1.82, 2.24) is 5.32 Å². The summed E-state index contributed by atoms with van der Waals surface area (Å²) in [5, 5.41) is 3.50. The van der Waals surface area contributed by atoms with Gasteiger partial charge >= 0.3 is 0 Å². The summed E-state index contributed by atoms with van der Waals surface area (Å²) in [5.41, 5.74) is 0.850. The topological polar surface area (TPSA) is 29.1 Å². The van der Waals surface area contributed by atoms with Crippen molar-refractivity contribution in [2.24, 2.45) is 0 Å². The van der Waals surface area contributed by atoms with E-state index in [-0.39, 0.29) is 11.9 Å². The zero-order valence-corrected chi connectivity index (χ0v) is 10.3. The van der Waals surface area contributed by atoms with Gasteiger partial charge in [-0.1, -0.05) is 36.7 Å². The van der Waals surface area contributed by atoms with Gasteiger partial charge in [-0.2, -0.15) is 0 Å². The van der Waals surface area contributed by atoms with Crippen LogP contribution in [0.2, 0.25) is 5.02 Å². The van der Waals surface area contributed by atoms with Gasteiger partial charge in [-0.05, 0) is 31.1 Å². The molecule has 0 fully saturated rings. The van der Waals surface area contributed by atoms with Crippen LogP contribution in [0.1, 0.15) is 25.8 Å². The lowest BCUT2D eigenvalue weighted by Gasteiger charge is -2.08. The number of carbonyl (C=O) groups excluding carboxylic acids is 1. The number of hydrogen-bond donors (Lipinski definition) is 1. The highest BCUT2D eigenvalue weighted by Crippen LogP contribution is 2.15. The van der Waals surface area contributed by atoms with Crippen LogP contribution in [0.3, 0.4) is 0 Å². The highest BCUT2D eigenvalue weighted by atomic mass is 35.5. The summed E-state index contributed by atoms with van der Waals surface area (Å²) in [5.74, 6) is -0.0886. The lowest BCUT2D eigenvalue weighted by atomic mass is 10.2. The van der Waals surface area contributed by atoms with Gasteiger partial charge in [0.1, 0.15) is 0 Å². The molecule has 0 bridgehead atoms. The van der Waals surface area contributed by atoms with E-state index in [4.69, 9.17) is 11.6 Å². The normalized spacial score (nSPS) is 12.7. The molecule has 0 aliphatic heterocycles. The third kappa shape index (κ3) is 4.07. The minimum Gasteiger partial charge on any atom is -0.350 e. The Bertz CT molecular complexity index is 387. The van der Waals surface area contributed by atoms with Gasteiger partial charge in [0.15, 0.2) is 0 Å². The summed E-state index contributed by atoms with van der Waals surface area (Å²) < 4.78 is 0. The quantitative estimate of drug-likeness (QED) is 0.801. The molecule has 1 N–H and O–H groups in total. The molecule has 86 valence electrons. The minimum absolute atomic E-state index is 0.0886. The smallest absolute Gasteiger partial charge is 0.244 e. The maximum atomic E-state index is 11.5. The summed E-state index contributed by atoms with van der Waals surface area (Å²) in [6.07, 6.45) is 4.15. The van der Waals surface area contributed by atoms with Crippen molar-refractivity contribution in [3.8, 4) is 0 Å². The van der Waals surface area contributed by atoms with E-state index in [1.54, 1.807) is 12.1 Å². The maximum absolute atomic E-state index is 11.5. The van der Waals surface area contributed by atoms with Gasteiger partial charge < -0.3 is 5.32 Å². The summed E-state index contributed by atoms with van der Waals surface area (Å²) in [4.78, 5) is 11.5. The zero-order valence-electron chi connectivity index (χ0n) is 9.53. The van der Waals surface area contributed by atoms with E-state index in [1.165, 1.54) is 6.08 Å². The van der Waals surface area contributed by atoms with Crippen molar-refractivity contribution in [2.45, 2.75) is 26.3 Å². The van der Waals surface area contributed by atoms with Crippen molar-refractivity contribution < 1.29 is 4.79 Å². The van der Waals surface area contributed by atoms with E-state index in [2.05, 4.69) is 5.32 Å². The average Bonchev–Trinajstić information content (AvgIpc) is 2.28. The summed E-state index contributed by atoms with van der Waals surface area (Å²) >= 11 is 5.96. The van der Waals surface area contributed by atoms with Gasteiger partial charge in [-0.15, -0.1) is 0 Å². The largest absolute Gasteiger partial charge is 0.350 e. The molecule has 2 nitrogen and oxygen atoms in total. The molecule has 0 radical (unpaired) electrons. The van der Waals surface area contributed by atoms with Crippen LogP contribution >= 0.6 is 11.6 Å². The molecule has 1 rings (SSSR count). The molecule has 0 spiro atoms. The molecule has 16 heavy (non-hydrogen) atoms. The number of nitrogens with one attached hydrogen (secondary N) is 1. The van der Waals surface area contributed by atoms with E-state index in [0.717, 1.165) is 12.0 Å². The fourth-order valence-corrected chi connectivity index (χ4v) is 1.37. The van der Waals surface area contributed by atoms with Crippen LogP contribution in [0.4, 0.5) is 0 Å². The first-order valence-corrected chi connectivity index (χ1v) is 5.74. The zero-order chi connectivity index (χ0) is 12.0. The molecule has 0 saturated carbocycles. The van der Waals surface area contributed by atoms with Crippen LogP contribution in [-0.2, 0) is 4.79 Å². The van der Waals surface area contributed by atoms with Gasteiger partial charge in [-0.3, -0.25) is 4.79 Å². The van der Waals surface area contributed by atoms with E-state index >= 15 is 0 Å².